The molecule has 1 rings (SSSR count). The van der Waals surface area contributed by atoms with Crippen LogP contribution in [-0.2, 0) is 6.54 Å². The Kier molecular flexibility index (Phi) is 3.92. The Hall–Kier alpha value is -0.740. The summed E-state index contributed by atoms with van der Waals surface area (Å²) in [6, 6.07) is 2.35. The van der Waals surface area contributed by atoms with E-state index in [0.717, 1.165) is 6.07 Å². The van der Waals surface area contributed by atoms with Crippen LogP contribution in [0.3, 0.4) is 0 Å². The van der Waals surface area contributed by atoms with Crippen molar-refractivity contribution in [2.24, 2.45) is 5.73 Å². The summed E-state index contributed by atoms with van der Waals surface area (Å²) in [4.78, 5) is 2.93. The highest BCUT2D eigenvalue weighted by Gasteiger charge is 2.01. The number of rotatable bonds is 1. The number of hydrogen-bond acceptors (Lipinski definition) is 2. The smallest absolute Gasteiger partial charge is 0.219 e. The Labute approximate surface area is 68.8 Å². The van der Waals surface area contributed by atoms with Crippen LogP contribution in [0.25, 0.3) is 0 Å². The number of aromatic nitrogens is 1. The summed E-state index contributed by atoms with van der Waals surface area (Å²) in [6.07, 6.45) is 0. The second-order valence-corrected chi connectivity index (χ2v) is 1.79. The van der Waals surface area contributed by atoms with Crippen molar-refractivity contribution in [1.82, 2.24) is 4.98 Å². The quantitative estimate of drug-likeness (QED) is 0.661. The van der Waals surface area contributed by atoms with Crippen LogP contribution in [0.1, 0.15) is 5.56 Å². The number of nitrogens with two attached hydrogens (primary N) is 1. The Bertz CT molecular complexity index is 242. The van der Waals surface area contributed by atoms with E-state index in [1.54, 1.807) is 0 Å². The first-order valence-corrected chi connectivity index (χ1v) is 2.75. The Morgan fingerprint density at radius 2 is 2.00 bits per heavy atom. The van der Waals surface area contributed by atoms with E-state index in [4.69, 9.17) is 5.73 Å². The highest BCUT2D eigenvalue weighted by Crippen LogP contribution is 2.03. The third-order valence-electron chi connectivity index (χ3n) is 1.11. The molecule has 0 bridgehead atoms. The Morgan fingerprint density at radius 3 is 2.45 bits per heavy atom. The monoisotopic (exact) mass is 180 g/mol. The van der Waals surface area contributed by atoms with Crippen LogP contribution >= 0.6 is 12.4 Å². The van der Waals surface area contributed by atoms with Gasteiger partial charge in [0.15, 0.2) is 0 Å². The molecule has 0 aliphatic rings. The van der Waals surface area contributed by atoms with Gasteiger partial charge in [0.05, 0.1) is 0 Å². The van der Waals surface area contributed by atoms with Gasteiger partial charge in [0.25, 0.3) is 0 Å². The van der Waals surface area contributed by atoms with Gasteiger partial charge in [0, 0.05) is 12.1 Å². The summed E-state index contributed by atoms with van der Waals surface area (Å²) in [5, 5.41) is 0. The summed E-state index contributed by atoms with van der Waals surface area (Å²) in [5.41, 5.74) is 5.32. The maximum Gasteiger partial charge on any atom is 0.219 e. The minimum atomic E-state index is -0.831. The summed E-state index contributed by atoms with van der Waals surface area (Å²) in [7, 11) is 0. The van der Waals surface area contributed by atoms with Crippen LogP contribution < -0.4 is 5.73 Å². The van der Waals surface area contributed by atoms with Crippen molar-refractivity contribution in [3.05, 3.63) is 29.6 Å². The van der Waals surface area contributed by atoms with Gasteiger partial charge < -0.3 is 5.73 Å². The molecule has 0 amide bonds. The molecule has 0 unspecified atom stereocenters. The highest BCUT2D eigenvalue weighted by atomic mass is 35.5. The largest absolute Gasteiger partial charge is 0.326 e. The molecule has 0 saturated heterocycles. The Morgan fingerprint density at radius 1 is 1.36 bits per heavy atom. The first-order valence-electron chi connectivity index (χ1n) is 2.75. The summed E-state index contributed by atoms with van der Waals surface area (Å²) in [5.74, 6) is -1.66. The average molecular weight is 181 g/mol. The molecule has 0 spiro atoms. The van der Waals surface area contributed by atoms with Crippen molar-refractivity contribution < 1.29 is 8.78 Å². The van der Waals surface area contributed by atoms with Crippen molar-refractivity contribution in [2.45, 2.75) is 6.54 Å². The van der Waals surface area contributed by atoms with E-state index in [9.17, 15) is 8.78 Å². The molecule has 0 fully saturated rings. The molecular formula is C6H7ClF2N2. The van der Waals surface area contributed by atoms with Crippen LogP contribution in [0.5, 0.6) is 0 Å². The predicted molar refractivity (Wildman–Crippen MR) is 39.3 cm³/mol. The van der Waals surface area contributed by atoms with Crippen molar-refractivity contribution in [1.29, 1.82) is 0 Å². The number of hydrogen-bond donors (Lipinski definition) is 1. The lowest BCUT2D eigenvalue weighted by Gasteiger charge is -1.95. The van der Waals surface area contributed by atoms with Crippen LogP contribution in [-0.4, -0.2) is 4.98 Å². The van der Waals surface area contributed by atoms with Gasteiger partial charge in [-0.1, -0.05) is 0 Å². The highest BCUT2D eigenvalue weighted by molar-refractivity contribution is 5.85. The van der Waals surface area contributed by atoms with Gasteiger partial charge >= 0.3 is 0 Å². The molecule has 1 aromatic heterocycles. The number of pyridine rings is 1. The summed E-state index contributed by atoms with van der Waals surface area (Å²) < 4.78 is 24.5. The maximum atomic E-state index is 12.4. The van der Waals surface area contributed by atoms with Gasteiger partial charge in [-0.15, -0.1) is 12.4 Å². The fourth-order valence-corrected chi connectivity index (χ4v) is 0.593. The lowest BCUT2D eigenvalue weighted by molar-refractivity contribution is 0.503. The molecule has 0 aliphatic heterocycles. The van der Waals surface area contributed by atoms with Gasteiger partial charge in [-0.25, -0.2) is 0 Å². The molecule has 2 nitrogen and oxygen atoms in total. The average Bonchev–Trinajstić information content (AvgIpc) is 1.88. The van der Waals surface area contributed by atoms with Crippen LogP contribution in [0.4, 0.5) is 8.78 Å². The minimum absolute atomic E-state index is 0. The molecule has 0 atom stereocenters. The molecule has 2 N–H and O–H groups in total. The van der Waals surface area contributed by atoms with E-state index in [0.29, 0.717) is 0 Å². The first kappa shape index (κ1) is 10.3. The van der Waals surface area contributed by atoms with E-state index in [-0.39, 0.29) is 24.5 Å². The molecule has 5 heteroatoms. The topological polar surface area (TPSA) is 38.9 Å². The second kappa shape index (κ2) is 4.20. The van der Waals surface area contributed by atoms with Crippen molar-refractivity contribution in [2.75, 3.05) is 0 Å². The van der Waals surface area contributed by atoms with E-state index in [2.05, 4.69) is 4.98 Å². The lowest BCUT2D eigenvalue weighted by atomic mass is 10.3. The summed E-state index contributed by atoms with van der Waals surface area (Å²) in [6.45, 7) is 0.0408. The predicted octanol–water partition coefficient (Wildman–Crippen LogP) is 1.24. The van der Waals surface area contributed by atoms with Gasteiger partial charge in [-0.3, -0.25) is 0 Å². The van der Waals surface area contributed by atoms with Gasteiger partial charge in [0.2, 0.25) is 11.9 Å². The second-order valence-electron chi connectivity index (χ2n) is 1.79. The summed E-state index contributed by atoms with van der Waals surface area (Å²) >= 11 is 0. The van der Waals surface area contributed by atoms with E-state index in [1.165, 1.54) is 6.07 Å². The molecule has 0 aromatic carbocycles. The molecular weight excluding hydrogens is 174 g/mol. The zero-order valence-corrected chi connectivity index (χ0v) is 6.37. The van der Waals surface area contributed by atoms with Gasteiger partial charge in [-0.05, 0) is 12.1 Å². The lowest BCUT2D eigenvalue weighted by Crippen LogP contribution is -2.02. The molecule has 62 valence electrons. The van der Waals surface area contributed by atoms with Gasteiger partial charge in [-0.2, -0.15) is 13.8 Å². The van der Waals surface area contributed by atoms with E-state index in [1.807, 2.05) is 0 Å². The third kappa shape index (κ3) is 2.40. The van der Waals surface area contributed by atoms with Gasteiger partial charge in [0.1, 0.15) is 0 Å². The number of halogens is 3. The molecule has 1 heterocycles. The molecule has 11 heavy (non-hydrogen) atoms. The van der Waals surface area contributed by atoms with Crippen molar-refractivity contribution in [3.8, 4) is 0 Å². The van der Waals surface area contributed by atoms with E-state index < -0.39 is 11.9 Å². The SMILES string of the molecule is Cl.NCc1ccc(F)nc1F. The van der Waals surface area contributed by atoms with Crippen molar-refractivity contribution in [3.63, 3.8) is 0 Å². The Balaban J connectivity index is 0.000001000. The zero-order chi connectivity index (χ0) is 7.56. The molecule has 1 aromatic rings. The van der Waals surface area contributed by atoms with Crippen LogP contribution in [0.2, 0.25) is 0 Å². The van der Waals surface area contributed by atoms with E-state index >= 15 is 0 Å². The standard InChI is InChI=1S/C6H6F2N2.ClH/c7-5-2-1-4(3-9)6(8)10-5;/h1-2H,3,9H2;1H. The molecule has 0 radical (unpaired) electrons. The first-order chi connectivity index (χ1) is 4.74. The normalized spacial score (nSPS) is 9.00. The zero-order valence-electron chi connectivity index (χ0n) is 5.55. The fourth-order valence-electron chi connectivity index (χ4n) is 0.593. The molecule has 0 saturated carbocycles. The van der Waals surface area contributed by atoms with Crippen LogP contribution in [0, 0.1) is 11.9 Å². The van der Waals surface area contributed by atoms with Crippen molar-refractivity contribution >= 4 is 12.4 Å². The minimum Gasteiger partial charge on any atom is -0.326 e. The number of nitrogens with zero attached hydrogens (tertiary/aromatic N) is 1. The fraction of sp³-hybridized carbons (Fsp3) is 0.167. The maximum absolute atomic E-state index is 12.4. The third-order valence-corrected chi connectivity index (χ3v) is 1.11. The van der Waals surface area contributed by atoms with Crippen LogP contribution in [0.15, 0.2) is 12.1 Å². The molecule has 0 aliphatic carbocycles.